The lowest BCUT2D eigenvalue weighted by atomic mass is 10.2. The largest absolute Gasteiger partial charge is 0.357 e. The van der Waals surface area contributed by atoms with E-state index in [9.17, 15) is 4.79 Å². The molecule has 0 saturated heterocycles. The summed E-state index contributed by atoms with van der Waals surface area (Å²) in [5.41, 5.74) is 0. The highest BCUT2D eigenvalue weighted by Crippen LogP contribution is 2.20. The van der Waals surface area contributed by atoms with Gasteiger partial charge >= 0.3 is 0 Å². The van der Waals surface area contributed by atoms with Crippen LogP contribution >= 0.6 is 11.6 Å². The van der Waals surface area contributed by atoms with Crippen LogP contribution in [0.25, 0.3) is 0 Å². The fourth-order valence-corrected chi connectivity index (χ4v) is 1.59. The second-order valence-electron chi connectivity index (χ2n) is 4.93. The summed E-state index contributed by atoms with van der Waals surface area (Å²) in [6.07, 6.45) is 1.51. The third kappa shape index (κ3) is 5.21. The van der Waals surface area contributed by atoms with E-state index in [1.807, 2.05) is 20.8 Å². The van der Waals surface area contributed by atoms with Gasteiger partial charge in [-0.15, -0.1) is 0 Å². The van der Waals surface area contributed by atoms with Gasteiger partial charge in [-0.05, 0) is 19.8 Å². The molecule has 1 heterocycles. The minimum atomic E-state index is -0.421. The van der Waals surface area contributed by atoms with E-state index in [-0.39, 0.29) is 5.91 Å². The molecule has 0 aliphatic heterocycles. The molecular weight excluding hydrogens is 278 g/mol. The molecule has 7 heteroatoms. The molecule has 1 aromatic heterocycles. The van der Waals surface area contributed by atoms with Gasteiger partial charge in [0.25, 0.3) is 0 Å². The van der Waals surface area contributed by atoms with Crippen LogP contribution in [0.3, 0.4) is 0 Å². The summed E-state index contributed by atoms with van der Waals surface area (Å²) in [4.78, 5) is 20.2. The molecule has 1 rings (SSSR count). The second-order valence-corrected chi connectivity index (χ2v) is 5.33. The number of hydrogen-bond donors (Lipinski definition) is 3. The minimum Gasteiger partial charge on any atom is -0.357 e. The maximum absolute atomic E-state index is 11.9. The summed E-state index contributed by atoms with van der Waals surface area (Å²) >= 11 is 6.03. The lowest BCUT2D eigenvalue weighted by Crippen LogP contribution is -2.39. The zero-order chi connectivity index (χ0) is 15.1. The molecule has 0 aromatic carbocycles. The number of carbonyl (C=O) groups is 1. The summed E-state index contributed by atoms with van der Waals surface area (Å²) in [6, 6.07) is -0.421. The Morgan fingerprint density at radius 2 is 2.10 bits per heavy atom. The normalized spacial score (nSPS) is 12.1. The lowest BCUT2D eigenvalue weighted by Gasteiger charge is -2.16. The SMILES string of the molecule is CCNc1ncc(Cl)c(NC(C)C(=O)NCC(C)C)n1. The van der Waals surface area contributed by atoms with Gasteiger partial charge in [0.05, 0.1) is 6.20 Å². The topological polar surface area (TPSA) is 78.9 Å². The first-order valence-corrected chi connectivity index (χ1v) is 7.12. The second kappa shape index (κ2) is 7.89. The molecule has 0 fully saturated rings. The van der Waals surface area contributed by atoms with Crippen LogP contribution in [0.5, 0.6) is 0 Å². The highest BCUT2D eigenvalue weighted by molar-refractivity contribution is 6.32. The number of anilines is 2. The van der Waals surface area contributed by atoms with Crippen molar-refractivity contribution in [3.8, 4) is 0 Å². The number of nitrogens with zero attached hydrogens (tertiary/aromatic N) is 2. The number of halogens is 1. The molecule has 0 bridgehead atoms. The molecule has 0 spiro atoms. The van der Waals surface area contributed by atoms with Gasteiger partial charge in [0, 0.05) is 13.1 Å². The van der Waals surface area contributed by atoms with Crippen molar-refractivity contribution in [3.63, 3.8) is 0 Å². The molecule has 20 heavy (non-hydrogen) atoms. The number of nitrogens with one attached hydrogen (secondary N) is 3. The van der Waals surface area contributed by atoms with E-state index in [0.29, 0.717) is 35.8 Å². The van der Waals surface area contributed by atoms with Crippen LogP contribution in [-0.2, 0) is 4.79 Å². The van der Waals surface area contributed by atoms with Crippen molar-refractivity contribution in [2.45, 2.75) is 33.7 Å². The van der Waals surface area contributed by atoms with Crippen LogP contribution in [0.4, 0.5) is 11.8 Å². The van der Waals surface area contributed by atoms with E-state index in [0.717, 1.165) is 0 Å². The average molecular weight is 300 g/mol. The molecule has 0 aliphatic carbocycles. The standard InChI is InChI=1S/C13H22ClN5O/c1-5-15-13-17-7-10(14)11(19-13)18-9(4)12(20)16-6-8(2)3/h7-9H,5-6H2,1-4H3,(H,16,20)(H2,15,17,18,19). The zero-order valence-corrected chi connectivity index (χ0v) is 13.1. The maximum atomic E-state index is 11.9. The third-order valence-corrected chi connectivity index (χ3v) is 2.79. The number of hydrogen-bond acceptors (Lipinski definition) is 5. The zero-order valence-electron chi connectivity index (χ0n) is 12.3. The summed E-state index contributed by atoms with van der Waals surface area (Å²) in [7, 11) is 0. The predicted molar refractivity (Wildman–Crippen MR) is 82.1 cm³/mol. The molecule has 3 N–H and O–H groups in total. The first-order chi connectivity index (χ1) is 9.43. The van der Waals surface area contributed by atoms with E-state index >= 15 is 0 Å². The van der Waals surface area contributed by atoms with E-state index < -0.39 is 6.04 Å². The van der Waals surface area contributed by atoms with Crippen molar-refractivity contribution >= 4 is 29.3 Å². The Bertz CT molecular complexity index is 452. The molecule has 0 radical (unpaired) electrons. The fraction of sp³-hybridized carbons (Fsp3) is 0.615. The summed E-state index contributed by atoms with van der Waals surface area (Å²) in [5.74, 6) is 1.26. The first kappa shape index (κ1) is 16.5. The van der Waals surface area contributed by atoms with E-state index in [1.54, 1.807) is 6.92 Å². The van der Waals surface area contributed by atoms with Gasteiger partial charge in [-0.1, -0.05) is 25.4 Å². The van der Waals surface area contributed by atoms with Crippen LogP contribution in [0.2, 0.25) is 5.02 Å². The Kier molecular flexibility index (Phi) is 6.51. The molecule has 6 nitrogen and oxygen atoms in total. The van der Waals surface area contributed by atoms with Crippen LogP contribution in [0.1, 0.15) is 27.7 Å². The monoisotopic (exact) mass is 299 g/mol. The highest BCUT2D eigenvalue weighted by Gasteiger charge is 2.15. The van der Waals surface area contributed by atoms with Gasteiger partial charge in [0.1, 0.15) is 11.1 Å². The third-order valence-electron chi connectivity index (χ3n) is 2.51. The van der Waals surface area contributed by atoms with Crippen LogP contribution < -0.4 is 16.0 Å². The predicted octanol–water partition coefficient (Wildman–Crippen LogP) is 2.13. The van der Waals surface area contributed by atoms with E-state index in [2.05, 4.69) is 25.9 Å². The Morgan fingerprint density at radius 3 is 2.70 bits per heavy atom. The highest BCUT2D eigenvalue weighted by atomic mass is 35.5. The van der Waals surface area contributed by atoms with Crippen LogP contribution in [0.15, 0.2) is 6.20 Å². The summed E-state index contributed by atoms with van der Waals surface area (Å²) < 4.78 is 0. The summed E-state index contributed by atoms with van der Waals surface area (Å²) in [5, 5.41) is 9.24. The molecule has 0 aliphatic rings. The van der Waals surface area contributed by atoms with Crippen molar-refractivity contribution in [3.05, 3.63) is 11.2 Å². The maximum Gasteiger partial charge on any atom is 0.242 e. The average Bonchev–Trinajstić information content (AvgIpc) is 2.40. The lowest BCUT2D eigenvalue weighted by molar-refractivity contribution is -0.121. The molecule has 1 unspecified atom stereocenters. The smallest absolute Gasteiger partial charge is 0.242 e. The van der Waals surface area contributed by atoms with Crippen molar-refractivity contribution in [2.75, 3.05) is 23.7 Å². The minimum absolute atomic E-state index is 0.0848. The molecule has 1 aromatic rings. The van der Waals surface area contributed by atoms with Gasteiger partial charge in [0.15, 0.2) is 5.82 Å². The van der Waals surface area contributed by atoms with E-state index in [1.165, 1.54) is 6.20 Å². The molecule has 0 saturated carbocycles. The van der Waals surface area contributed by atoms with Crippen LogP contribution in [-0.4, -0.2) is 35.0 Å². The number of amides is 1. The molecule has 112 valence electrons. The number of carbonyl (C=O) groups excluding carboxylic acids is 1. The van der Waals surface area contributed by atoms with Crippen molar-refractivity contribution < 1.29 is 4.79 Å². The van der Waals surface area contributed by atoms with Gasteiger partial charge in [-0.25, -0.2) is 4.98 Å². The number of aromatic nitrogens is 2. The molecular formula is C13H22ClN5O. The summed E-state index contributed by atoms with van der Waals surface area (Å²) in [6.45, 7) is 9.16. The Hall–Kier alpha value is -1.56. The Balaban J connectivity index is 2.66. The van der Waals surface area contributed by atoms with Gasteiger partial charge in [-0.3, -0.25) is 4.79 Å². The number of rotatable bonds is 7. The van der Waals surface area contributed by atoms with Crippen LogP contribution in [0, 0.1) is 5.92 Å². The van der Waals surface area contributed by atoms with Crippen molar-refractivity contribution in [1.29, 1.82) is 0 Å². The van der Waals surface area contributed by atoms with Gasteiger partial charge in [-0.2, -0.15) is 4.98 Å². The first-order valence-electron chi connectivity index (χ1n) is 6.74. The molecule has 1 atom stereocenters. The fourth-order valence-electron chi connectivity index (χ4n) is 1.44. The quantitative estimate of drug-likeness (QED) is 0.719. The Labute approximate surface area is 124 Å². The van der Waals surface area contributed by atoms with Crippen molar-refractivity contribution in [2.24, 2.45) is 5.92 Å². The Morgan fingerprint density at radius 1 is 1.40 bits per heavy atom. The van der Waals surface area contributed by atoms with E-state index in [4.69, 9.17) is 11.6 Å². The van der Waals surface area contributed by atoms with Gasteiger partial charge in [0.2, 0.25) is 11.9 Å². The van der Waals surface area contributed by atoms with Gasteiger partial charge < -0.3 is 16.0 Å². The molecule has 1 amide bonds. The van der Waals surface area contributed by atoms with Crippen molar-refractivity contribution in [1.82, 2.24) is 15.3 Å².